The lowest BCUT2D eigenvalue weighted by molar-refractivity contribution is 0.0391. The lowest BCUT2D eigenvalue weighted by atomic mass is 9.88. The minimum Gasteiger partial charge on any atom is -0.496 e. The highest BCUT2D eigenvalue weighted by atomic mass is 16.5. The SMILES string of the molecule is COc1ccccc1[C@](C)(O)C(C)Nc1ccccc1. The summed E-state index contributed by atoms with van der Waals surface area (Å²) < 4.78 is 5.34. The predicted molar refractivity (Wildman–Crippen MR) is 82.1 cm³/mol. The number of methoxy groups -OCH3 is 1. The van der Waals surface area contributed by atoms with Crippen LogP contribution >= 0.6 is 0 Å². The first kappa shape index (κ1) is 14.4. The number of hydrogen-bond donors (Lipinski definition) is 2. The maximum Gasteiger partial charge on any atom is 0.125 e. The summed E-state index contributed by atoms with van der Waals surface area (Å²) in [6.07, 6.45) is 0. The van der Waals surface area contributed by atoms with Crippen LogP contribution in [0.3, 0.4) is 0 Å². The van der Waals surface area contributed by atoms with Crippen LogP contribution in [0.4, 0.5) is 5.69 Å². The highest BCUT2D eigenvalue weighted by Gasteiger charge is 2.33. The predicted octanol–water partition coefficient (Wildman–Crippen LogP) is 3.40. The molecule has 0 heterocycles. The summed E-state index contributed by atoms with van der Waals surface area (Å²) in [5, 5.41) is 14.2. The van der Waals surface area contributed by atoms with Gasteiger partial charge in [-0.2, -0.15) is 0 Å². The van der Waals surface area contributed by atoms with Crippen LogP contribution in [0, 0.1) is 0 Å². The van der Waals surface area contributed by atoms with Gasteiger partial charge in [0.15, 0.2) is 0 Å². The van der Waals surface area contributed by atoms with Gasteiger partial charge in [0, 0.05) is 11.3 Å². The summed E-state index contributed by atoms with van der Waals surface area (Å²) in [5.74, 6) is 0.694. The van der Waals surface area contributed by atoms with Crippen LogP contribution in [0.1, 0.15) is 19.4 Å². The normalized spacial score (nSPS) is 15.2. The van der Waals surface area contributed by atoms with E-state index in [0.717, 1.165) is 11.3 Å². The lowest BCUT2D eigenvalue weighted by Gasteiger charge is -2.33. The molecule has 2 aromatic rings. The van der Waals surface area contributed by atoms with Crippen molar-refractivity contribution in [2.24, 2.45) is 0 Å². The van der Waals surface area contributed by atoms with Gasteiger partial charge in [-0.1, -0.05) is 36.4 Å². The van der Waals surface area contributed by atoms with Crippen molar-refractivity contribution in [3.8, 4) is 5.75 Å². The molecule has 0 spiro atoms. The lowest BCUT2D eigenvalue weighted by Crippen LogP contribution is -2.40. The molecule has 106 valence electrons. The average molecular weight is 271 g/mol. The average Bonchev–Trinajstić information content (AvgIpc) is 2.48. The number of ether oxygens (including phenoxy) is 1. The van der Waals surface area contributed by atoms with E-state index in [0.29, 0.717) is 5.75 Å². The molecule has 0 radical (unpaired) electrons. The van der Waals surface area contributed by atoms with E-state index in [9.17, 15) is 5.11 Å². The molecule has 0 aliphatic heterocycles. The van der Waals surface area contributed by atoms with Crippen molar-refractivity contribution < 1.29 is 9.84 Å². The second-order valence-electron chi connectivity index (χ2n) is 5.08. The largest absolute Gasteiger partial charge is 0.496 e. The van der Waals surface area contributed by atoms with Crippen molar-refractivity contribution in [1.82, 2.24) is 0 Å². The van der Waals surface area contributed by atoms with E-state index in [1.807, 2.05) is 61.5 Å². The van der Waals surface area contributed by atoms with Crippen molar-refractivity contribution in [2.75, 3.05) is 12.4 Å². The molecule has 0 amide bonds. The summed E-state index contributed by atoms with van der Waals surface area (Å²) in [6.45, 7) is 3.75. The first-order valence-electron chi connectivity index (χ1n) is 6.73. The zero-order valence-corrected chi connectivity index (χ0v) is 12.1. The van der Waals surface area contributed by atoms with Crippen molar-refractivity contribution in [3.63, 3.8) is 0 Å². The number of nitrogens with one attached hydrogen (secondary N) is 1. The first-order chi connectivity index (χ1) is 9.55. The summed E-state index contributed by atoms with van der Waals surface area (Å²) in [4.78, 5) is 0. The van der Waals surface area contributed by atoms with Gasteiger partial charge >= 0.3 is 0 Å². The van der Waals surface area contributed by atoms with E-state index in [1.54, 1.807) is 14.0 Å². The molecule has 20 heavy (non-hydrogen) atoms. The fourth-order valence-corrected chi connectivity index (χ4v) is 2.22. The zero-order valence-electron chi connectivity index (χ0n) is 12.1. The molecule has 0 aliphatic carbocycles. The van der Waals surface area contributed by atoms with E-state index in [-0.39, 0.29) is 6.04 Å². The Kier molecular flexibility index (Phi) is 4.30. The molecule has 0 bridgehead atoms. The molecule has 3 heteroatoms. The summed E-state index contributed by atoms with van der Waals surface area (Å²) in [5.41, 5.74) is 0.719. The van der Waals surface area contributed by atoms with Crippen LogP contribution in [0.15, 0.2) is 54.6 Å². The van der Waals surface area contributed by atoms with Crippen molar-refractivity contribution in [1.29, 1.82) is 0 Å². The quantitative estimate of drug-likeness (QED) is 0.875. The van der Waals surface area contributed by atoms with Gasteiger partial charge in [-0.3, -0.25) is 0 Å². The Balaban J connectivity index is 2.25. The number of para-hydroxylation sites is 2. The summed E-state index contributed by atoms with van der Waals surface area (Å²) in [7, 11) is 1.62. The Morgan fingerprint density at radius 1 is 1.05 bits per heavy atom. The summed E-state index contributed by atoms with van der Waals surface area (Å²) in [6, 6.07) is 17.2. The Morgan fingerprint density at radius 3 is 2.30 bits per heavy atom. The van der Waals surface area contributed by atoms with Crippen molar-refractivity contribution in [2.45, 2.75) is 25.5 Å². The molecule has 3 nitrogen and oxygen atoms in total. The molecule has 2 atom stereocenters. The topological polar surface area (TPSA) is 41.5 Å². The Hall–Kier alpha value is -2.00. The number of benzene rings is 2. The van der Waals surface area contributed by atoms with E-state index >= 15 is 0 Å². The molecule has 2 N–H and O–H groups in total. The number of aliphatic hydroxyl groups is 1. The highest BCUT2D eigenvalue weighted by molar-refractivity contribution is 5.46. The van der Waals surface area contributed by atoms with Crippen LogP contribution in [-0.2, 0) is 5.60 Å². The molecule has 0 aromatic heterocycles. The van der Waals surface area contributed by atoms with Crippen molar-refractivity contribution >= 4 is 5.69 Å². The molecule has 2 aromatic carbocycles. The number of rotatable bonds is 5. The minimum absolute atomic E-state index is 0.166. The second-order valence-corrected chi connectivity index (χ2v) is 5.08. The minimum atomic E-state index is -1.04. The van der Waals surface area contributed by atoms with Crippen LogP contribution in [0.2, 0.25) is 0 Å². The standard InChI is InChI=1S/C17H21NO2/c1-13(18-14-9-5-4-6-10-14)17(2,19)15-11-7-8-12-16(15)20-3/h4-13,18-19H,1-3H3/t13?,17-/m1/s1. The fourth-order valence-electron chi connectivity index (χ4n) is 2.22. The third-order valence-electron chi connectivity index (χ3n) is 3.65. The third kappa shape index (κ3) is 2.94. The van der Waals surface area contributed by atoms with E-state index in [2.05, 4.69) is 5.32 Å². The number of anilines is 1. The van der Waals surface area contributed by atoms with Crippen molar-refractivity contribution in [3.05, 3.63) is 60.2 Å². The van der Waals surface area contributed by atoms with E-state index < -0.39 is 5.60 Å². The van der Waals surface area contributed by atoms with E-state index in [1.165, 1.54) is 0 Å². The molecular formula is C17H21NO2. The summed E-state index contributed by atoms with van der Waals surface area (Å²) >= 11 is 0. The van der Waals surface area contributed by atoms with Gasteiger partial charge in [-0.25, -0.2) is 0 Å². The van der Waals surface area contributed by atoms with Crippen LogP contribution in [0.5, 0.6) is 5.75 Å². The Labute approximate surface area is 120 Å². The molecule has 1 unspecified atom stereocenters. The third-order valence-corrected chi connectivity index (χ3v) is 3.65. The van der Waals surface area contributed by atoms with Gasteiger partial charge in [0.1, 0.15) is 11.4 Å². The molecule has 2 rings (SSSR count). The maximum atomic E-state index is 10.9. The van der Waals surface area contributed by atoms with Gasteiger partial charge in [-0.15, -0.1) is 0 Å². The Bertz CT molecular complexity index is 552. The second kappa shape index (κ2) is 5.97. The highest BCUT2D eigenvalue weighted by Crippen LogP contribution is 2.33. The van der Waals surface area contributed by atoms with Crippen LogP contribution < -0.4 is 10.1 Å². The maximum absolute atomic E-state index is 10.9. The molecule has 0 aliphatic rings. The van der Waals surface area contributed by atoms with Gasteiger partial charge in [-0.05, 0) is 32.0 Å². The fraction of sp³-hybridized carbons (Fsp3) is 0.294. The zero-order chi connectivity index (χ0) is 14.6. The number of hydrogen-bond acceptors (Lipinski definition) is 3. The van der Waals surface area contributed by atoms with Gasteiger partial charge in [0.05, 0.1) is 13.2 Å². The van der Waals surface area contributed by atoms with Gasteiger partial charge in [0.2, 0.25) is 0 Å². The van der Waals surface area contributed by atoms with Gasteiger partial charge in [0.25, 0.3) is 0 Å². The first-order valence-corrected chi connectivity index (χ1v) is 6.73. The Morgan fingerprint density at radius 2 is 1.65 bits per heavy atom. The van der Waals surface area contributed by atoms with Crippen LogP contribution in [-0.4, -0.2) is 18.3 Å². The molecular weight excluding hydrogens is 250 g/mol. The smallest absolute Gasteiger partial charge is 0.125 e. The molecule has 0 saturated heterocycles. The van der Waals surface area contributed by atoms with E-state index in [4.69, 9.17) is 4.74 Å². The molecule has 0 fully saturated rings. The molecule has 0 saturated carbocycles. The monoisotopic (exact) mass is 271 g/mol. The van der Waals surface area contributed by atoms with Crippen LogP contribution in [0.25, 0.3) is 0 Å². The van der Waals surface area contributed by atoms with Gasteiger partial charge < -0.3 is 15.2 Å².